The van der Waals surface area contributed by atoms with Crippen LogP contribution in [0.4, 0.5) is 0 Å². The number of nitrogens with one attached hydrogen (secondary N) is 1. The summed E-state index contributed by atoms with van der Waals surface area (Å²) < 4.78 is 2.36. The number of hydrogen-bond donors (Lipinski definition) is 1. The summed E-state index contributed by atoms with van der Waals surface area (Å²) in [5.74, 6) is 0. The average molecular weight is 257 g/mol. The molecule has 1 aromatic heterocycles. The highest BCUT2D eigenvalue weighted by molar-refractivity contribution is 5.80. The second-order valence-electron chi connectivity index (χ2n) is 5.86. The first-order chi connectivity index (χ1) is 9.22. The van der Waals surface area contributed by atoms with Gasteiger partial charge in [-0.1, -0.05) is 12.1 Å². The summed E-state index contributed by atoms with van der Waals surface area (Å²) in [7, 11) is 4.24. The van der Waals surface area contributed by atoms with E-state index in [0.717, 1.165) is 25.7 Å². The Bertz CT molecular complexity index is 552. The second kappa shape index (κ2) is 5.35. The van der Waals surface area contributed by atoms with Gasteiger partial charge in [-0.2, -0.15) is 0 Å². The summed E-state index contributed by atoms with van der Waals surface area (Å²) in [5, 5.41) is 4.92. The van der Waals surface area contributed by atoms with Gasteiger partial charge in [0.15, 0.2) is 0 Å². The van der Waals surface area contributed by atoms with Crippen LogP contribution in [0.3, 0.4) is 0 Å². The van der Waals surface area contributed by atoms with E-state index >= 15 is 0 Å². The molecule has 1 heterocycles. The molecule has 2 aromatic rings. The number of hydrogen-bond acceptors (Lipinski definition) is 2. The van der Waals surface area contributed by atoms with Crippen molar-refractivity contribution in [2.24, 2.45) is 0 Å². The fraction of sp³-hybridized carbons (Fsp3) is 0.500. The number of fused-ring (bicyclic) bond motifs is 1. The van der Waals surface area contributed by atoms with Gasteiger partial charge in [0.25, 0.3) is 0 Å². The standard InChI is InChI=1S/C16H23N3/c1-18(2)9-10-19-8-7-14-4-3-13(11-16(14)19)12-17-15-5-6-15/h3-4,7-8,11,15,17H,5-6,9-10,12H2,1-2H3. The first-order valence-corrected chi connectivity index (χ1v) is 7.18. The summed E-state index contributed by atoms with van der Waals surface area (Å²) in [6.07, 6.45) is 4.90. The Hall–Kier alpha value is -1.32. The third-order valence-corrected chi connectivity index (χ3v) is 3.80. The van der Waals surface area contributed by atoms with E-state index in [2.05, 4.69) is 59.3 Å². The van der Waals surface area contributed by atoms with Gasteiger partial charge in [0.1, 0.15) is 0 Å². The van der Waals surface area contributed by atoms with Gasteiger partial charge in [0.05, 0.1) is 0 Å². The number of rotatable bonds is 6. The van der Waals surface area contributed by atoms with Crippen molar-refractivity contribution in [3.8, 4) is 0 Å². The first-order valence-electron chi connectivity index (χ1n) is 7.18. The summed E-state index contributed by atoms with van der Waals surface area (Å²) in [6, 6.07) is 9.80. The maximum Gasteiger partial charge on any atom is 0.0483 e. The molecule has 3 rings (SSSR count). The number of aromatic nitrogens is 1. The van der Waals surface area contributed by atoms with E-state index in [9.17, 15) is 0 Å². The van der Waals surface area contributed by atoms with Gasteiger partial charge in [-0.05, 0) is 50.0 Å². The average Bonchev–Trinajstić information content (AvgIpc) is 3.14. The van der Waals surface area contributed by atoms with Crippen molar-refractivity contribution in [2.45, 2.75) is 32.0 Å². The highest BCUT2D eigenvalue weighted by atomic mass is 15.1. The SMILES string of the molecule is CN(C)CCn1ccc2ccc(CNC3CC3)cc21. The van der Waals surface area contributed by atoms with E-state index in [0.29, 0.717) is 0 Å². The Balaban J connectivity index is 1.76. The van der Waals surface area contributed by atoms with Crippen LogP contribution in [0.5, 0.6) is 0 Å². The lowest BCUT2D eigenvalue weighted by Gasteiger charge is -2.12. The monoisotopic (exact) mass is 257 g/mol. The topological polar surface area (TPSA) is 20.2 Å². The summed E-state index contributed by atoms with van der Waals surface area (Å²) in [5.41, 5.74) is 2.75. The molecule has 1 aliphatic rings. The van der Waals surface area contributed by atoms with E-state index in [-0.39, 0.29) is 0 Å². The van der Waals surface area contributed by atoms with Crippen LogP contribution < -0.4 is 5.32 Å². The number of nitrogens with zero attached hydrogens (tertiary/aromatic N) is 2. The van der Waals surface area contributed by atoms with Gasteiger partial charge in [0, 0.05) is 37.4 Å². The fourth-order valence-electron chi connectivity index (χ4n) is 2.39. The zero-order valence-electron chi connectivity index (χ0n) is 11.9. The smallest absolute Gasteiger partial charge is 0.0483 e. The molecule has 1 N–H and O–H groups in total. The van der Waals surface area contributed by atoms with Gasteiger partial charge in [0.2, 0.25) is 0 Å². The molecule has 3 nitrogen and oxygen atoms in total. The van der Waals surface area contributed by atoms with Crippen LogP contribution in [0.2, 0.25) is 0 Å². The third kappa shape index (κ3) is 3.17. The van der Waals surface area contributed by atoms with Crippen molar-refractivity contribution in [3.63, 3.8) is 0 Å². The van der Waals surface area contributed by atoms with Gasteiger partial charge in [-0.15, -0.1) is 0 Å². The molecule has 19 heavy (non-hydrogen) atoms. The molecule has 1 aromatic carbocycles. The molecule has 0 unspecified atom stereocenters. The molecule has 0 spiro atoms. The van der Waals surface area contributed by atoms with E-state index in [1.165, 1.54) is 29.3 Å². The minimum absolute atomic E-state index is 0.774. The summed E-state index contributed by atoms with van der Waals surface area (Å²) in [6.45, 7) is 3.13. The van der Waals surface area contributed by atoms with Crippen molar-refractivity contribution in [1.29, 1.82) is 0 Å². The van der Waals surface area contributed by atoms with Crippen LogP contribution in [0.15, 0.2) is 30.5 Å². The van der Waals surface area contributed by atoms with Crippen molar-refractivity contribution < 1.29 is 0 Å². The van der Waals surface area contributed by atoms with E-state index in [1.807, 2.05) is 0 Å². The quantitative estimate of drug-likeness (QED) is 0.858. The molecule has 0 radical (unpaired) electrons. The van der Waals surface area contributed by atoms with Gasteiger partial charge in [-0.3, -0.25) is 0 Å². The minimum atomic E-state index is 0.774. The normalized spacial score (nSPS) is 15.5. The zero-order valence-corrected chi connectivity index (χ0v) is 11.9. The molecule has 0 amide bonds. The number of likely N-dealkylation sites (N-methyl/N-ethyl adjacent to an activating group) is 1. The molecule has 0 saturated heterocycles. The van der Waals surface area contributed by atoms with Crippen molar-refractivity contribution >= 4 is 10.9 Å². The Labute approximate surface area is 115 Å². The molecule has 3 heteroatoms. The van der Waals surface area contributed by atoms with Crippen molar-refractivity contribution in [3.05, 3.63) is 36.0 Å². The van der Waals surface area contributed by atoms with Crippen molar-refractivity contribution in [2.75, 3.05) is 20.6 Å². The minimum Gasteiger partial charge on any atom is -0.346 e. The lowest BCUT2D eigenvalue weighted by molar-refractivity contribution is 0.387. The van der Waals surface area contributed by atoms with Crippen LogP contribution in [0.1, 0.15) is 18.4 Å². The van der Waals surface area contributed by atoms with E-state index in [1.54, 1.807) is 0 Å². The van der Waals surface area contributed by atoms with E-state index in [4.69, 9.17) is 0 Å². The molecule has 0 bridgehead atoms. The van der Waals surface area contributed by atoms with Crippen LogP contribution in [-0.4, -0.2) is 36.1 Å². The molecule has 1 aliphatic carbocycles. The highest BCUT2D eigenvalue weighted by Crippen LogP contribution is 2.21. The van der Waals surface area contributed by atoms with Crippen LogP contribution in [0.25, 0.3) is 10.9 Å². The van der Waals surface area contributed by atoms with Gasteiger partial charge < -0.3 is 14.8 Å². The van der Waals surface area contributed by atoms with Crippen LogP contribution >= 0.6 is 0 Å². The lowest BCUT2D eigenvalue weighted by Crippen LogP contribution is -2.18. The van der Waals surface area contributed by atoms with Crippen LogP contribution in [0, 0.1) is 0 Å². The molecular formula is C16H23N3. The second-order valence-corrected chi connectivity index (χ2v) is 5.86. The zero-order chi connectivity index (χ0) is 13.2. The number of benzene rings is 1. The summed E-state index contributed by atoms with van der Waals surface area (Å²) >= 11 is 0. The Morgan fingerprint density at radius 3 is 2.84 bits per heavy atom. The summed E-state index contributed by atoms with van der Waals surface area (Å²) in [4.78, 5) is 2.23. The Kier molecular flexibility index (Phi) is 3.58. The van der Waals surface area contributed by atoms with Crippen LogP contribution in [-0.2, 0) is 13.1 Å². The fourth-order valence-corrected chi connectivity index (χ4v) is 2.39. The van der Waals surface area contributed by atoms with Gasteiger partial charge >= 0.3 is 0 Å². The largest absolute Gasteiger partial charge is 0.346 e. The third-order valence-electron chi connectivity index (χ3n) is 3.80. The molecule has 0 atom stereocenters. The predicted octanol–water partition coefficient (Wildman–Crippen LogP) is 2.45. The molecular weight excluding hydrogens is 234 g/mol. The predicted molar refractivity (Wildman–Crippen MR) is 80.4 cm³/mol. The van der Waals surface area contributed by atoms with Crippen molar-refractivity contribution in [1.82, 2.24) is 14.8 Å². The van der Waals surface area contributed by atoms with Gasteiger partial charge in [-0.25, -0.2) is 0 Å². The highest BCUT2D eigenvalue weighted by Gasteiger charge is 2.19. The van der Waals surface area contributed by atoms with E-state index < -0.39 is 0 Å². The lowest BCUT2D eigenvalue weighted by atomic mass is 10.1. The first kappa shape index (κ1) is 12.7. The maximum absolute atomic E-state index is 3.58. The Morgan fingerprint density at radius 2 is 2.11 bits per heavy atom. The molecule has 1 saturated carbocycles. The molecule has 102 valence electrons. The molecule has 1 fully saturated rings. The maximum atomic E-state index is 3.58. The molecule has 0 aliphatic heterocycles. The Morgan fingerprint density at radius 1 is 1.26 bits per heavy atom.